The SMILES string of the molecule is CCCc1nc(C(=O)OC)cn1Cc1ccc(Br)cc1. The van der Waals surface area contributed by atoms with Crippen molar-refractivity contribution in [1.82, 2.24) is 9.55 Å². The molecule has 0 N–H and O–H groups in total. The van der Waals surface area contributed by atoms with Gasteiger partial charge in [-0.15, -0.1) is 0 Å². The van der Waals surface area contributed by atoms with E-state index in [2.05, 4.69) is 40.0 Å². The Bertz CT molecular complexity index is 590. The number of halogens is 1. The quantitative estimate of drug-likeness (QED) is 0.785. The van der Waals surface area contributed by atoms with E-state index in [0.29, 0.717) is 12.2 Å². The van der Waals surface area contributed by atoms with Crippen LogP contribution in [0.25, 0.3) is 0 Å². The average molecular weight is 337 g/mol. The van der Waals surface area contributed by atoms with Crippen LogP contribution in [0.4, 0.5) is 0 Å². The Hall–Kier alpha value is -1.62. The fourth-order valence-electron chi connectivity index (χ4n) is 2.00. The molecule has 0 fully saturated rings. The van der Waals surface area contributed by atoms with Crippen molar-refractivity contribution in [2.24, 2.45) is 0 Å². The standard InChI is InChI=1S/C15H17BrN2O2/c1-3-4-14-17-13(15(19)20-2)10-18(14)9-11-5-7-12(16)8-6-11/h5-8,10H,3-4,9H2,1-2H3. The predicted octanol–water partition coefficient (Wildman–Crippen LogP) is 3.43. The van der Waals surface area contributed by atoms with Crippen LogP contribution in [0.1, 0.15) is 35.2 Å². The average Bonchev–Trinajstić information content (AvgIpc) is 2.84. The fourth-order valence-corrected chi connectivity index (χ4v) is 2.27. The Kier molecular flexibility index (Phi) is 4.95. The highest BCUT2D eigenvalue weighted by atomic mass is 79.9. The van der Waals surface area contributed by atoms with Gasteiger partial charge in [0.05, 0.1) is 7.11 Å². The minimum absolute atomic E-state index is 0.369. The second kappa shape index (κ2) is 6.70. The van der Waals surface area contributed by atoms with Gasteiger partial charge < -0.3 is 9.30 Å². The topological polar surface area (TPSA) is 44.1 Å². The molecular weight excluding hydrogens is 320 g/mol. The molecule has 20 heavy (non-hydrogen) atoms. The monoisotopic (exact) mass is 336 g/mol. The summed E-state index contributed by atoms with van der Waals surface area (Å²) in [5.41, 5.74) is 1.53. The second-order valence-corrected chi connectivity index (χ2v) is 5.45. The summed E-state index contributed by atoms with van der Waals surface area (Å²) in [4.78, 5) is 15.9. The van der Waals surface area contributed by atoms with Gasteiger partial charge in [0, 0.05) is 23.6 Å². The van der Waals surface area contributed by atoms with Gasteiger partial charge in [0.2, 0.25) is 0 Å². The number of nitrogens with zero attached hydrogens (tertiary/aromatic N) is 2. The lowest BCUT2D eigenvalue weighted by molar-refractivity contribution is 0.0594. The first-order valence-corrected chi connectivity index (χ1v) is 7.32. The van der Waals surface area contributed by atoms with Gasteiger partial charge >= 0.3 is 5.97 Å². The van der Waals surface area contributed by atoms with Gasteiger partial charge in [-0.3, -0.25) is 0 Å². The molecule has 0 radical (unpaired) electrons. The van der Waals surface area contributed by atoms with E-state index in [-0.39, 0.29) is 0 Å². The van der Waals surface area contributed by atoms with E-state index in [1.807, 2.05) is 16.7 Å². The van der Waals surface area contributed by atoms with Crippen molar-refractivity contribution in [2.75, 3.05) is 7.11 Å². The van der Waals surface area contributed by atoms with Crippen LogP contribution in [0.15, 0.2) is 34.9 Å². The zero-order chi connectivity index (χ0) is 14.5. The van der Waals surface area contributed by atoms with Crippen LogP contribution in [0, 0.1) is 0 Å². The van der Waals surface area contributed by atoms with Crippen LogP contribution in [-0.4, -0.2) is 22.6 Å². The lowest BCUT2D eigenvalue weighted by Gasteiger charge is -2.07. The highest BCUT2D eigenvalue weighted by Gasteiger charge is 2.14. The molecule has 1 aromatic heterocycles. The first-order valence-electron chi connectivity index (χ1n) is 6.52. The largest absolute Gasteiger partial charge is 0.464 e. The van der Waals surface area contributed by atoms with Gasteiger partial charge in [-0.05, 0) is 24.1 Å². The molecule has 4 nitrogen and oxygen atoms in total. The maximum absolute atomic E-state index is 11.6. The number of imidazole rings is 1. The number of hydrogen-bond donors (Lipinski definition) is 0. The van der Waals surface area contributed by atoms with E-state index < -0.39 is 5.97 Å². The third-order valence-corrected chi connectivity index (χ3v) is 3.52. The summed E-state index contributed by atoms with van der Waals surface area (Å²) in [6, 6.07) is 8.12. The third-order valence-electron chi connectivity index (χ3n) is 2.99. The van der Waals surface area contributed by atoms with Crippen LogP contribution in [0.5, 0.6) is 0 Å². The molecule has 0 atom stereocenters. The number of benzene rings is 1. The van der Waals surface area contributed by atoms with E-state index in [1.54, 1.807) is 6.20 Å². The Morgan fingerprint density at radius 3 is 2.65 bits per heavy atom. The van der Waals surface area contributed by atoms with Gasteiger partial charge in [-0.2, -0.15) is 0 Å². The van der Waals surface area contributed by atoms with Crippen molar-refractivity contribution in [2.45, 2.75) is 26.3 Å². The minimum atomic E-state index is -0.392. The molecule has 0 saturated heterocycles. The number of methoxy groups -OCH3 is 1. The Labute approximate surface area is 126 Å². The molecule has 1 aromatic carbocycles. The molecule has 2 aromatic rings. The van der Waals surface area contributed by atoms with Crippen LogP contribution in [0.3, 0.4) is 0 Å². The molecule has 2 rings (SSSR count). The molecule has 5 heteroatoms. The number of hydrogen-bond acceptors (Lipinski definition) is 3. The molecule has 0 aliphatic rings. The zero-order valence-corrected chi connectivity index (χ0v) is 13.2. The van der Waals surface area contributed by atoms with Gasteiger partial charge in [0.1, 0.15) is 5.82 Å². The van der Waals surface area contributed by atoms with E-state index in [1.165, 1.54) is 12.7 Å². The van der Waals surface area contributed by atoms with Crippen molar-refractivity contribution < 1.29 is 9.53 Å². The van der Waals surface area contributed by atoms with Crippen molar-refractivity contribution >= 4 is 21.9 Å². The number of carbonyl (C=O) groups excluding carboxylic acids is 1. The fraction of sp³-hybridized carbons (Fsp3) is 0.333. The molecule has 0 aliphatic carbocycles. The number of aromatic nitrogens is 2. The Morgan fingerprint density at radius 2 is 2.05 bits per heavy atom. The van der Waals surface area contributed by atoms with Crippen LogP contribution in [-0.2, 0) is 17.7 Å². The molecule has 0 unspecified atom stereocenters. The van der Waals surface area contributed by atoms with E-state index in [9.17, 15) is 4.79 Å². The zero-order valence-electron chi connectivity index (χ0n) is 11.6. The van der Waals surface area contributed by atoms with E-state index in [4.69, 9.17) is 4.74 Å². The number of aryl methyl sites for hydroxylation is 1. The normalized spacial score (nSPS) is 10.6. The summed E-state index contributed by atoms with van der Waals surface area (Å²) in [5.74, 6) is 0.521. The second-order valence-electron chi connectivity index (χ2n) is 4.54. The number of carbonyl (C=O) groups is 1. The smallest absolute Gasteiger partial charge is 0.358 e. The van der Waals surface area contributed by atoms with Crippen molar-refractivity contribution in [3.63, 3.8) is 0 Å². The lowest BCUT2D eigenvalue weighted by atomic mass is 10.2. The van der Waals surface area contributed by atoms with Crippen molar-refractivity contribution in [3.05, 3.63) is 52.0 Å². The maximum Gasteiger partial charge on any atom is 0.358 e. The van der Waals surface area contributed by atoms with Crippen LogP contribution in [0.2, 0.25) is 0 Å². The molecule has 0 saturated carbocycles. The van der Waals surface area contributed by atoms with E-state index >= 15 is 0 Å². The predicted molar refractivity (Wildman–Crippen MR) is 80.8 cm³/mol. The Balaban J connectivity index is 2.26. The molecule has 1 heterocycles. The maximum atomic E-state index is 11.6. The van der Waals surface area contributed by atoms with Gasteiger partial charge in [0.15, 0.2) is 5.69 Å². The highest BCUT2D eigenvalue weighted by Crippen LogP contribution is 2.14. The summed E-state index contributed by atoms with van der Waals surface area (Å²) in [5, 5.41) is 0. The van der Waals surface area contributed by atoms with Crippen LogP contribution >= 0.6 is 15.9 Å². The highest BCUT2D eigenvalue weighted by molar-refractivity contribution is 9.10. The molecule has 0 bridgehead atoms. The summed E-state index contributed by atoms with van der Waals surface area (Å²) in [6.45, 7) is 2.79. The molecule has 0 spiro atoms. The van der Waals surface area contributed by atoms with Gasteiger partial charge in [-0.1, -0.05) is 35.0 Å². The van der Waals surface area contributed by atoms with Crippen molar-refractivity contribution in [1.29, 1.82) is 0 Å². The van der Waals surface area contributed by atoms with Crippen LogP contribution < -0.4 is 0 Å². The molecule has 0 aliphatic heterocycles. The van der Waals surface area contributed by atoms with Crippen molar-refractivity contribution in [3.8, 4) is 0 Å². The van der Waals surface area contributed by atoms with E-state index in [0.717, 1.165) is 23.1 Å². The minimum Gasteiger partial charge on any atom is -0.464 e. The first-order chi connectivity index (χ1) is 9.63. The number of ether oxygens (including phenoxy) is 1. The third kappa shape index (κ3) is 3.48. The van der Waals surface area contributed by atoms with Gasteiger partial charge in [-0.25, -0.2) is 9.78 Å². The molecule has 0 amide bonds. The summed E-state index contributed by atoms with van der Waals surface area (Å²) >= 11 is 3.42. The van der Waals surface area contributed by atoms with Gasteiger partial charge in [0.25, 0.3) is 0 Å². The summed E-state index contributed by atoms with van der Waals surface area (Å²) in [6.07, 6.45) is 3.59. The summed E-state index contributed by atoms with van der Waals surface area (Å²) < 4.78 is 7.79. The lowest BCUT2D eigenvalue weighted by Crippen LogP contribution is -2.03. The first kappa shape index (κ1) is 14.8. The molecular formula is C15H17BrN2O2. The number of rotatable bonds is 5. The summed E-state index contributed by atoms with van der Waals surface area (Å²) in [7, 11) is 1.37. The molecule has 106 valence electrons. The number of esters is 1. The Morgan fingerprint density at radius 1 is 1.35 bits per heavy atom.